The summed E-state index contributed by atoms with van der Waals surface area (Å²) in [6.07, 6.45) is 6.97. The van der Waals surface area contributed by atoms with Gasteiger partial charge in [0.1, 0.15) is 0 Å². The van der Waals surface area contributed by atoms with Crippen LogP contribution >= 0.6 is 0 Å². The molecule has 1 aliphatic heterocycles. The summed E-state index contributed by atoms with van der Waals surface area (Å²) in [4.78, 5) is 27.0. The van der Waals surface area contributed by atoms with Crippen molar-refractivity contribution in [3.05, 3.63) is 35.4 Å². The molecule has 1 aromatic rings. The second-order valence-electron chi connectivity index (χ2n) is 8.07. The molecule has 1 heterocycles. The van der Waals surface area contributed by atoms with Crippen molar-refractivity contribution in [2.24, 2.45) is 5.92 Å². The van der Waals surface area contributed by atoms with Crippen molar-refractivity contribution in [3.8, 4) is 0 Å². The highest BCUT2D eigenvalue weighted by Gasteiger charge is 2.26. The Balaban J connectivity index is 1.52. The van der Waals surface area contributed by atoms with Gasteiger partial charge in [-0.25, -0.2) is 0 Å². The van der Waals surface area contributed by atoms with Crippen LogP contribution < -0.4 is 5.32 Å². The van der Waals surface area contributed by atoms with Crippen LogP contribution in [0.4, 0.5) is 0 Å². The Morgan fingerprint density at radius 3 is 2.19 bits per heavy atom. The Hall–Kier alpha value is -1.88. The number of ether oxygens (including phenoxy) is 1. The summed E-state index contributed by atoms with van der Waals surface area (Å²) in [6.45, 7) is 5.77. The van der Waals surface area contributed by atoms with Crippen LogP contribution in [0.15, 0.2) is 24.3 Å². The number of carbonyl (C=O) groups excluding carboxylic acids is 2. The molecule has 2 aliphatic rings. The van der Waals surface area contributed by atoms with Gasteiger partial charge in [0.25, 0.3) is 5.91 Å². The van der Waals surface area contributed by atoms with Crippen LogP contribution in [0.25, 0.3) is 0 Å². The Morgan fingerprint density at radius 2 is 1.59 bits per heavy atom. The predicted molar refractivity (Wildman–Crippen MR) is 105 cm³/mol. The van der Waals surface area contributed by atoms with Gasteiger partial charge in [-0.05, 0) is 44.4 Å². The Kier molecular flexibility index (Phi) is 6.89. The molecule has 27 heavy (non-hydrogen) atoms. The van der Waals surface area contributed by atoms with Gasteiger partial charge in [0.05, 0.1) is 12.2 Å². The molecule has 0 bridgehead atoms. The third-order valence-corrected chi connectivity index (χ3v) is 5.60. The first-order chi connectivity index (χ1) is 13.0. The lowest BCUT2D eigenvalue weighted by Crippen LogP contribution is -2.48. The van der Waals surface area contributed by atoms with Gasteiger partial charge in [-0.3, -0.25) is 9.59 Å². The molecule has 3 rings (SSSR count). The highest BCUT2D eigenvalue weighted by atomic mass is 16.5. The lowest BCUT2D eigenvalue weighted by atomic mass is 9.99. The van der Waals surface area contributed by atoms with Crippen LogP contribution in [0.1, 0.15) is 68.3 Å². The van der Waals surface area contributed by atoms with E-state index >= 15 is 0 Å². The summed E-state index contributed by atoms with van der Waals surface area (Å²) in [6, 6.07) is 7.60. The number of benzene rings is 1. The maximum atomic E-state index is 12.7. The van der Waals surface area contributed by atoms with E-state index < -0.39 is 0 Å². The van der Waals surface area contributed by atoms with E-state index in [4.69, 9.17) is 4.74 Å². The third-order valence-electron chi connectivity index (χ3n) is 5.60. The van der Waals surface area contributed by atoms with Crippen LogP contribution in [0.2, 0.25) is 0 Å². The van der Waals surface area contributed by atoms with Gasteiger partial charge in [-0.15, -0.1) is 0 Å². The van der Waals surface area contributed by atoms with Crippen molar-refractivity contribution in [2.45, 2.75) is 71.1 Å². The van der Waals surface area contributed by atoms with Crippen LogP contribution in [-0.4, -0.2) is 42.0 Å². The molecule has 2 amide bonds. The number of amides is 2. The molecular formula is C22H32N2O3. The fourth-order valence-corrected chi connectivity index (χ4v) is 4.17. The topological polar surface area (TPSA) is 58.6 Å². The first-order valence-electron chi connectivity index (χ1n) is 10.3. The first kappa shape index (κ1) is 19.9. The van der Waals surface area contributed by atoms with Crippen molar-refractivity contribution in [2.75, 3.05) is 13.1 Å². The first-order valence-corrected chi connectivity index (χ1v) is 10.3. The molecule has 2 atom stereocenters. The van der Waals surface area contributed by atoms with Crippen molar-refractivity contribution in [1.29, 1.82) is 0 Å². The predicted octanol–water partition coefficient (Wildman–Crippen LogP) is 3.52. The van der Waals surface area contributed by atoms with Gasteiger partial charge in [0.15, 0.2) is 0 Å². The molecule has 5 heteroatoms. The maximum Gasteiger partial charge on any atom is 0.254 e. The molecule has 1 aliphatic carbocycles. The largest absolute Gasteiger partial charge is 0.372 e. The molecular weight excluding hydrogens is 340 g/mol. The van der Waals surface area contributed by atoms with E-state index in [9.17, 15) is 9.59 Å². The summed E-state index contributed by atoms with van der Waals surface area (Å²) in [7, 11) is 0. The summed E-state index contributed by atoms with van der Waals surface area (Å²) in [5.41, 5.74) is 1.72. The van der Waals surface area contributed by atoms with E-state index in [1.54, 1.807) is 0 Å². The molecule has 1 saturated heterocycles. The Morgan fingerprint density at radius 1 is 1.00 bits per heavy atom. The minimum absolute atomic E-state index is 0.0473. The minimum atomic E-state index is 0.0473. The van der Waals surface area contributed by atoms with Crippen molar-refractivity contribution in [1.82, 2.24) is 10.2 Å². The highest BCUT2D eigenvalue weighted by molar-refractivity contribution is 5.94. The van der Waals surface area contributed by atoms with Gasteiger partial charge < -0.3 is 15.0 Å². The molecule has 5 nitrogen and oxygen atoms in total. The molecule has 0 aromatic heterocycles. The quantitative estimate of drug-likeness (QED) is 0.823. The summed E-state index contributed by atoms with van der Waals surface area (Å²) >= 11 is 0. The van der Waals surface area contributed by atoms with Gasteiger partial charge in [-0.1, -0.05) is 37.8 Å². The number of nitrogens with one attached hydrogen (secondary N) is 1. The summed E-state index contributed by atoms with van der Waals surface area (Å²) in [5, 5.41) is 3.07. The average Bonchev–Trinajstić information content (AvgIpc) is 2.95. The maximum absolute atomic E-state index is 12.7. The van der Waals surface area contributed by atoms with Gasteiger partial charge in [-0.2, -0.15) is 0 Å². The van der Waals surface area contributed by atoms with Crippen LogP contribution in [-0.2, 0) is 16.1 Å². The summed E-state index contributed by atoms with van der Waals surface area (Å²) < 4.78 is 5.70. The molecule has 1 saturated carbocycles. The van der Waals surface area contributed by atoms with E-state index in [1.807, 2.05) is 43.0 Å². The number of hydrogen-bond acceptors (Lipinski definition) is 3. The monoisotopic (exact) mass is 372 g/mol. The number of hydrogen-bond donors (Lipinski definition) is 1. The van der Waals surface area contributed by atoms with E-state index in [0.29, 0.717) is 25.2 Å². The van der Waals surface area contributed by atoms with E-state index in [0.717, 1.165) is 31.2 Å². The number of nitrogens with zero attached hydrogens (tertiary/aromatic N) is 1. The molecule has 2 fully saturated rings. The normalized spacial score (nSPS) is 24.3. The standard InChI is InChI=1S/C22H32N2O3/c1-16-14-24(15-17(2)27-16)22(26)20-11-9-18(10-12-20)13-23-21(25)19-7-5-3-4-6-8-19/h9-12,16-17,19H,3-8,13-15H2,1-2H3,(H,23,25)/t16-,17+. The smallest absolute Gasteiger partial charge is 0.254 e. The Bertz CT molecular complexity index is 625. The molecule has 1 N–H and O–H groups in total. The second-order valence-corrected chi connectivity index (χ2v) is 8.07. The van der Waals surface area contributed by atoms with E-state index in [1.165, 1.54) is 12.8 Å². The fraction of sp³-hybridized carbons (Fsp3) is 0.636. The molecule has 0 radical (unpaired) electrons. The summed E-state index contributed by atoms with van der Waals surface area (Å²) in [5.74, 6) is 0.387. The third kappa shape index (κ3) is 5.55. The molecule has 1 aromatic carbocycles. The minimum Gasteiger partial charge on any atom is -0.372 e. The lowest BCUT2D eigenvalue weighted by Gasteiger charge is -2.35. The lowest BCUT2D eigenvalue weighted by molar-refractivity contribution is -0.125. The second kappa shape index (κ2) is 9.36. The number of rotatable bonds is 4. The highest BCUT2D eigenvalue weighted by Crippen LogP contribution is 2.23. The Labute approximate surface area is 162 Å². The number of morpholine rings is 1. The van der Waals surface area contributed by atoms with Crippen LogP contribution in [0.3, 0.4) is 0 Å². The fourth-order valence-electron chi connectivity index (χ4n) is 4.17. The van der Waals surface area contributed by atoms with Crippen LogP contribution in [0, 0.1) is 5.92 Å². The zero-order valence-electron chi connectivity index (χ0n) is 16.6. The average molecular weight is 373 g/mol. The van der Waals surface area contributed by atoms with Gasteiger partial charge >= 0.3 is 0 Å². The van der Waals surface area contributed by atoms with Gasteiger partial charge in [0, 0.05) is 31.1 Å². The number of carbonyl (C=O) groups is 2. The van der Waals surface area contributed by atoms with E-state index in [2.05, 4.69) is 5.32 Å². The van der Waals surface area contributed by atoms with Crippen LogP contribution in [0.5, 0.6) is 0 Å². The van der Waals surface area contributed by atoms with Crippen molar-refractivity contribution >= 4 is 11.8 Å². The molecule has 0 unspecified atom stereocenters. The molecule has 0 spiro atoms. The zero-order valence-corrected chi connectivity index (χ0v) is 16.6. The van der Waals surface area contributed by atoms with Crippen molar-refractivity contribution < 1.29 is 14.3 Å². The van der Waals surface area contributed by atoms with Gasteiger partial charge in [0.2, 0.25) is 5.91 Å². The van der Waals surface area contributed by atoms with Crippen molar-refractivity contribution in [3.63, 3.8) is 0 Å². The van der Waals surface area contributed by atoms with E-state index in [-0.39, 0.29) is 29.9 Å². The SMILES string of the molecule is C[C@@H]1CN(C(=O)c2ccc(CNC(=O)C3CCCCCC3)cc2)C[C@H](C)O1. The molecule has 148 valence electrons. The zero-order chi connectivity index (χ0) is 19.2.